The molecule has 2 heterocycles. The van der Waals surface area contributed by atoms with Crippen LogP contribution in [-0.4, -0.2) is 57.7 Å². The Labute approximate surface area is 183 Å². The fourth-order valence-corrected chi connectivity index (χ4v) is 4.76. The third-order valence-electron chi connectivity index (χ3n) is 5.26. The van der Waals surface area contributed by atoms with Crippen molar-refractivity contribution in [1.29, 1.82) is 0 Å². The highest BCUT2D eigenvalue weighted by Gasteiger charge is 2.28. The molecule has 31 heavy (non-hydrogen) atoms. The number of hydrogen-bond acceptors (Lipinski definition) is 7. The molecule has 3 aromatic rings. The molecule has 1 aliphatic heterocycles. The monoisotopic (exact) mass is 441 g/mol. The molecule has 0 amide bonds. The Morgan fingerprint density at radius 3 is 2.48 bits per heavy atom. The van der Waals surface area contributed by atoms with Gasteiger partial charge in [0, 0.05) is 31.7 Å². The second-order valence-corrected chi connectivity index (χ2v) is 9.59. The van der Waals surface area contributed by atoms with Crippen molar-refractivity contribution in [3.8, 4) is 11.5 Å². The molecule has 0 spiro atoms. The lowest BCUT2D eigenvalue weighted by Gasteiger charge is -2.26. The molecular weight excluding hydrogens is 414 g/mol. The number of rotatable bonds is 7. The number of aryl methyl sites for hydroxylation is 2. The molecule has 4 rings (SSSR count). The van der Waals surface area contributed by atoms with Crippen LogP contribution in [0.2, 0.25) is 0 Å². The Balaban J connectivity index is 1.65. The Bertz CT molecular complexity index is 1130. The van der Waals surface area contributed by atoms with Crippen molar-refractivity contribution in [3.63, 3.8) is 0 Å². The Morgan fingerprint density at radius 1 is 1.03 bits per heavy atom. The lowest BCUT2D eigenvalue weighted by atomic mass is 10.1. The topological polar surface area (TPSA) is 84.7 Å². The summed E-state index contributed by atoms with van der Waals surface area (Å²) in [6.45, 7) is 8.34. The molecule has 1 N–H and O–H groups in total. The largest absolute Gasteiger partial charge is 0.419 e. The zero-order valence-corrected chi connectivity index (χ0v) is 18.6. The molecule has 8 heteroatoms. The number of ether oxygens (including phenoxy) is 1. The van der Waals surface area contributed by atoms with Crippen molar-refractivity contribution in [3.05, 3.63) is 59.7 Å². The number of nitrogens with one attached hydrogen (secondary N) is 1. The number of anilines is 1. The average molecular weight is 442 g/mol. The molecule has 2 aromatic carbocycles. The molecular formula is C23H27N3O4S. The van der Waals surface area contributed by atoms with Gasteiger partial charge in [0.1, 0.15) is 0 Å². The van der Waals surface area contributed by atoms with Gasteiger partial charge in [-0.3, -0.25) is 4.90 Å². The third kappa shape index (κ3) is 4.98. The first-order valence-corrected chi connectivity index (χ1v) is 11.9. The van der Waals surface area contributed by atoms with E-state index in [0.29, 0.717) is 19.8 Å². The maximum Gasteiger partial charge on any atom is 0.233 e. The highest BCUT2D eigenvalue weighted by atomic mass is 32.2. The van der Waals surface area contributed by atoms with Gasteiger partial charge in [0.25, 0.3) is 0 Å². The third-order valence-corrected chi connectivity index (χ3v) is 6.94. The second-order valence-electron chi connectivity index (χ2n) is 7.72. The molecule has 0 atom stereocenters. The summed E-state index contributed by atoms with van der Waals surface area (Å²) >= 11 is 0. The molecule has 0 saturated carbocycles. The number of nitrogens with zero attached hydrogens (tertiary/aromatic N) is 2. The van der Waals surface area contributed by atoms with Gasteiger partial charge in [0.15, 0.2) is 0 Å². The number of sulfone groups is 1. The van der Waals surface area contributed by atoms with Gasteiger partial charge in [0.2, 0.25) is 26.6 Å². The smallest absolute Gasteiger partial charge is 0.233 e. The molecule has 1 aliphatic rings. The van der Waals surface area contributed by atoms with E-state index in [9.17, 15) is 8.42 Å². The maximum atomic E-state index is 13.4. The van der Waals surface area contributed by atoms with Crippen molar-refractivity contribution in [2.75, 3.05) is 44.7 Å². The molecule has 1 fully saturated rings. The summed E-state index contributed by atoms with van der Waals surface area (Å²) in [5.41, 5.74) is 2.77. The molecule has 1 saturated heterocycles. The summed E-state index contributed by atoms with van der Waals surface area (Å²) in [6, 6.07) is 14.4. The van der Waals surface area contributed by atoms with Crippen LogP contribution in [0.3, 0.4) is 0 Å². The molecule has 0 aliphatic carbocycles. The van der Waals surface area contributed by atoms with Crippen LogP contribution in [0.4, 0.5) is 5.88 Å². The summed E-state index contributed by atoms with van der Waals surface area (Å²) in [5, 5.41) is 3.07. The number of morpholine rings is 1. The summed E-state index contributed by atoms with van der Waals surface area (Å²) in [4.78, 5) is 6.87. The zero-order chi connectivity index (χ0) is 21.8. The van der Waals surface area contributed by atoms with Crippen molar-refractivity contribution < 1.29 is 17.6 Å². The highest BCUT2D eigenvalue weighted by Crippen LogP contribution is 2.32. The SMILES string of the molecule is Cc1ccc(S(=O)(=O)c2nc(-c3cccc(C)c3)oc2NCCN2CCOCC2)cc1. The van der Waals surface area contributed by atoms with Gasteiger partial charge in [-0.25, -0.2) is 8.42 Å². The standard InChI is InChI=1S/C23H27N3O4S/c1-17-6-8-20(9-7-17)31(27,28)23-22(24-10-11-26-12-14-29-15-13-26)30-21(25-23)19-5-3-4-18(2)16-19/h3-9,16,24H,10-15H2,1-2H3. The van der Waals surface area contributed by atoms with E-state index in [4.69, 9.17) is 9.15 Å². The molecule has 0 unspecified atom stereocenters. The van der Waals surface area contributed by atoms with Crippen molar-refractivity contribution in [1.82, 2.24) is 9.88 Å². The predicted octanol–water partition coefficient (Wildman–Crippen LogP) is 3.54. The first-order chi connectivity index (χ1) is 14.9. The normalized spacial score (nSPS) is 15.2. The molecule has 164 valence electrons. The maximum absolute atomic E-state index is 13.4. The zero-order valence-electron chi connectivity index (χ0n) is 17.8. The van der Waals surface area contributed by atoms with E-state index in [1.165, 1.54) is 0 Å². The minimum absolute atomic E-state index is 0.0881. The summed E-state index contributed by atoms with van der Waals surface area (Å²) in [5.74, 6) is 0.452. The van der Waals surface area contributed by atoms with Crippen LogP contribution < -0.4 is 5.32 Å². The summed E-state index contributed by atoms with van der Waals surface area (Å²) in [6.07, 6.45) is 0. The van der Waals surface area contributed by atoms with E-state index in [1.54, 1.807) is 24.3 Å². The highest BCUT2D eigenvalue weighted by molar-refractivity contribution is 7.91. The van der Waals surface area contributed by atoms with Crippen LogP contribution in [0.1, 0.15) is 11.1 Å². The van der Waals surface area contributed by atoms with Gasteiger partial charge in [-0.05, 0) is 38.1 Å². The van der Waals surface area contributed by atoms with Crippen LogP contribution >= 0.6 is 0 Å². The van der Waals surface area contributed by atoms with Gasteiger partial charge < -0.3 is 14.5 Å². The predicted molar refractivity (Wildman–Crippen MR) is 119 cm³/mol. The van der Waals surface area contributed by atoms with E-state index in [0.717, 1.165) is 36.3 Å². The van der Waals surface area contributed by atoms with E-state index in [1.807, 2.05) is 38.1 Å². The van der Waals surface area contributed by atoms with E-state index in [2.05, 4.69) is 15.2 Å². The van der Waals surface area contributed by atoms with Crippen LogP contribution in [0.15, 0.2) is 62.9 Å². The van der Waals surface area contributed by atoms with Gasteiger partial charge >= 0.3 is 0 Å². The fourth-order valence-electron chi connectivity index (χ4n) is 3.48. The van der Waals surface area contributed by atoms with Gasteiger partial charge in [-0.1, -0.05) is 35.4 Å². The molecule has 0 radical (unpaired) electrons. The Kier molecular flexibility index (Phi) is 6.41. The summed E-state index contributed by atoms with van der Waals surface area (Å²) in [7, 11) is -3.84. The lowest BCUT2D eigenvalue weighted by molar-refractivity contribution is 0.0398. The van der Waals surface area contributed by atoms with Crippen molar-refractivity contribution in [2.45, 2.75) is 23.8 Å². The van der Waals surface area contributed by atoms with Crippen molar-refractivity contribution in [2.24, 2.45) is 0 Å². The number of oxazole rings is 1. The first-order valence-electron chi connectivity index (χ1n) is 10.4. The fraction of sp³-hybridized carbons (Fsp3) is 0.348. The number of aromatic nitrogens is 1. The first kappa shape index (κ1) is 21.5. The minimum Gasteiger partial charge on any atom is -0.419 e. The van der Waals surface area contributed by atoms with Gasteiger partial charge in [-0.2, -0.15) is 4.98 Å². The average Bonchev–Trinajstić information content (AvgIpc) is 3.20. The lowest BCUT2D eigenvalue weighted by Crippen LogP contribution is -2.39. The van der Waals surface area contributed by atoms with E-state index < -0.39 is 9.84 Å². The molecule has 0 bridgehead atoms. The van der Waals surface area contributed by atoms with Crippen LogP contribution in [0, 0.1) is 13.8 Å². The van der Waals surface area contributed by atoms with E-state index >= 15 is 0 Å². The second kappa shape index (κ2) is 9.21. The molecule has 1 aromatic heterocycles. The van der Waals surface area contributed by atoms with Crippen LogP contribution in [0.25, 0.3) is 11.5 Å². The van der Waals surface area contributed by atoms with E-state index in [-0.39, 0.29) is 21.7 Å². The van der Waals surface area contributed by atoms with Crippen LogP contribution in [-0.2, 0) is 14.6 Å². The Morgan fingerprint density at radius 2 is 1.77 bits per heavy atom. The van der Waals surface area contributed by atoms with Gasteiger partial charge in [0.05, 0.1) is 18.1 Å². The van der Waals surface area contributed by atoms with Crippen LogP contribution in [0.5, 0.6) is 0 Å². The summed E-state index contributed by atoms with van der Waals surface area (Å²) < 4.78 is 38.0. The Hall–Kier alpha value is -2.68. The minimum atomic E-state index is -3.84. The number of benzene rings is 2. The van der Waals surface area contributed by atoms with Gasteiger partial charge in [-0.15, -0.1) is 0 Å². The van der Waals surface area contributed by atoms with Crippen molar-refractivity contribution >= 4 is 15.7 Å². The number of hydrogen-bond donors (Lipinski definition) is 1. The quantitative estimate of drug-likeness (QED) is 0.600. The molecule has 7 nitrogen and oxygen atoms in total.